The molecule has 0 aliphatic carbocycles. The van der Waals surface area contributed by atoms with Crippen LogP contribution in [0.1, 0.15) is 45.6 Å². The van der Waals surface area contributed by atoms with E-state index in [1.807, 2.05) is 6.92 Å². The maximum Gasteiger partial charge on any atom is 0.119 e. The van der Waals surface area contributed by atoms with Gasteiger partial charge in [-0.05, 0) is 70.8 Å². The molecule has 3 rings (SSSR count). The van der Waals surface area contributed by atoms with Crippen LogP contribution in [-0.4, -0.2) is 83.9 Å². The zero-order valence-corrected chi connectivity index (χ0v) is 18.0. The normalized spacial score (nSPS) is 23.4. The van der Waals surface area contributed by atoms with Gasteiger partial charge in [0.05, 0.1) is 6.61 Å². The lowest BCUT2D eigenvalue weighted by Gasteiger charge is -2.47. The van der Waals surface area contributed by atoms with Crippen LogP contribution >= 0.6 is 0 Å². The molecule has 0 radical (unpaired) electrons. The van der Waals surface area contributed by atoms with Crippen molar-refractivity contribution in [1.82, 2.24) is 14.7 Å². The first-order valence-corrected chi connectivity index (χ1v) is 11.2. The van der Waals surface area contributed by atoms with Gasteiger partial charge >= 0.3 is 0 Å². The highest BCUT2D eigenvalue weighted by Crippen LogP contribution is 2.24. The molecule has 0 amide bonds. The standard InChI is InChI=1S/C23H39N3O2/c1-4-28-23-7-5-20(6-8-23)17-25-14-15-26(18-22(25)11-16-27)21-9-12-24(13-10-21)19(2)3/h5-8,19,21-22,27H,4,9-18H2,1-3H3/t22-/m1/s1. The molecule has 0 spiro atoms. The summed E-state index contributed by atoms with van der Waals surface area (Å²) in [6, 6.07) is 10.3. The summed E-state index contributed by atoms with van der Waals surface area (Å²) in [6.07, 6.45) is 3.42. The Morgan fingerprint density at radius 1 is 1.07 bits per heavy atom. The summed E-state index contributed by atoms with van der Waals surface area (Å²) in [7, 11) is 0. The number of benzene rings is 1. The van der Waals surface area contributed by atoms with E-state index in [1.165, 1.54) is 31.5 Å². The predicted molar refractivity (Wildman–Crippen MR) is 115 cm³/mol. The molecular weight excluding hydrogens is 350 g/mol. The molecular formula is C23H39N3O2. The monoisotopic (exact) mass is 389 g/mol. The Bertz CT molecular complexity index is 570. The zero-order valence-electron chi connectivity index (χ0n) is 18.0. The number of aliphatic hydroxyl groups excluding tert-OH is 1. The molecule has 0 aromatic heterocycles. The molecule has 0 bridgehead atoms. The van der Waals surface area contributed by atoms with Crippen molar-refractivity contribution < 1.29 is 9.84 Å². The van der Waals surface area contributed by atoms with Gasteiger partial charge in [-0.3, -0.25) is 9.80 Å². The quantitative estimate of drug-likeness (QED) is 0.740. The minimum atomic E-state index is 0.268. The van der Waals surface area contributed by atoms with Crippen molar-refractivity contribution in [2.24, 2.45) is 0 Å². The van der Waals surface area contributed by atoms with Gasteiger partial charge in [-0.15, -0.1) is 0 Å². The minimum Gasteiger partial charge on any atom is -0.494 e. The van der Waals surface area contributed by atoms with E-state index in [0.717, 1.165) is 38.3 Å². The third-order valence-electron chi connectivity index (χ3n) is 6.46. The number of hydrogen-bond donors (Lipinski definition) is 1. The van der Waals surface area contributed by atoms with E-state index < -0.39 is 0 Å². The first-order valence-electron chi connectivity index (χ1n) is 11.2. The largest absolute Gasteiger partial charge is 0.494 e. The van der Waals surface area contributed by atoms with Crippen molar-refractivity contribution in [3.63, 3.8) is 0 Å². The van der Waals surface area contributed by atoms with Crippen LogP contribution in [0, 0.1) is 0 Å². The van der Waals surface area contributed by atoms with E-state index in [1.54, 1.807) is 0 Å². The fourth-order valence-corrected chi connectivity index (χ4v) is 4.74. The number of nitrogens with zero attached hydrogens (tertiary/aromatic N) is 3. The molecule has 5 heteroatoms. The fraction of sp³-hybridized carbons (Fsp3) is 0.739. The lowest BCUT2D eigenvalue weighted by Crippen LogP contribution is -2.57. The molecule has 2 aliphatic heterocycles. The number of rotatable bonds is 8. The minimum absolute atomic E-state index is 0.268. The van der Waals surface area contributed by atoms with Crippen LogP contribution in [0.2, 0.25) is 0 Å². The highest BCUT2D eigenvalue weighted by Gasteiger charge is 2.32. The van der Waals surface area contributed by atoms with Gasteiger partial charge in [0.15, 0.2) is 0 Å². The molecule has 1 aromatic rings. The molecule has 1 atom stereocenters. The van der Waals surface area contributed by atoms with Crippen LogP contribution < -0.4 is 4.74 Å². The second-order valence-corrected chi connectivity index (χ2v) is 8.57. The summed E-state index contributed by atoms with van der Waals surface area (Å²) in [4.78, 5) is 7.86. The first kappa shape index (κ1) is 21.6. The Balaban J connectivity index is 1.55. The van der Waals surface area contributed by atoms with Crippen LogP contribution in [0.5, 0.6) is 5.75 Å². The van der Waals surface area contributed by atoms with Crippen LogP contribution in [0.25, 0.3) is 0 Å². The summed E-state index contributed by atoms with van der Waals surface area (Å²) < 4.78 is 5.56. The SMILES string of the molecule is CCOc1ccc(CN2CCN(C3CCN(C(C)C)CC3)C[C@H]2CCO)cc1. The predicted octanol–water partition coefficient (Wildman–Crippen LogP) is 2.83. The van der Waals surface area contributed by atoms with E-state index in [2.05, 4.69) is 52.8 Å². The molecule has 1 aromatic carbocycles. The highest BCUT2D eigenvalue weighted by molar-refractivity contribution is 5.27. The van der Waals surface area contributed by atoms with Gasteiger partial charge in [-0.25, -0.2) is 0 Å². The maximum absolute atomic E-state index is 9.62. The summed E-state index contributed by atoms with van der Waals surface area (Å²) >= 11 is 0. The van der Waals surface area contributed by atoms with Crippen molar-refractivity contribution >= 4 is 0 Å². The number of aliphatic hydroxyl groups is 1. The number of piperidine rings is 1. The Labute approximate surface area is 171 Å². The van der Waals surface area contributed by atoms with E-state index in [0.29, 0.717) is 24.7 Å². The molecule has 2 saturated heterocycles. The summed E-state index contributed by atoms with van der Waals surface area (Å²) in [5.41, 5.74) is 1.32. The zero-order chi connectivity index (χ0) is 19.9. The topological polar surface area (TPSA) is 39.2 Å². The van der Waals surface area contributed by atoms with Crippen LogP contribution in [0.15, 0.2) is 24.3 Å². The van der Waals surface area contributed by atoms with Crippen molar-refractivity contribution in [2.45, 2.75) is 64.7 Å². The van der Waals surface area contributed by atoms with Crippen LogP contribution in [-0.2, 0) is 6.54 Å². The van der Waals surface area contributed by atoms with E-state index in [-0.39, 0.29) is 6.61 Å². The molecule has 0 saturated carbocycles. The molecule has 5 nitrogen and oxygen atoms in total. The van der Waals surface area contributed by atoms with Gasteiger partial charge in [0.1, 0.15) is 5.75 Å². The Hall–Kier alpha value is -1.14. The molecule has 2 aliphatic rings. The van der Waals surface area contributed by atoms with Crippen molar-refractivity contribution in [3.05, 3.63) is 29.8 Å². The smallest absolute Gasteiger partial charge is 0.119 e. The number of hydrogen-bond acceptors (Lipinski definition) is 5. The van der Waals surface area contributed by atoms with Gasteiger partial charge in [-0.1, -0.05) is 12.1 Å². The third-order valence-corrected chi connectivity index (χ3v) is 6.46. The summed E-state index contributed by atoms with van der Waals surface area (Å²) in [5, 5.41) is 9.62. The number of piperazine rings is 1. The van der Waals surface area contributed by atoms with Gasteiger partial charge < -0.3 is 14.7 Å². The van der Waals surface area contributed by atoms with E-state index in [4.69, 9.17) is 4.74 Å². The fourth-order valence-electron chi connectivity index (χ4n) is 4.74. The third kappa shape index (κ3) is 5.69. The molecule has 1 N–H and O–H groups in total. The van der Waals surface area contributed by atoms with E-state index in [9.17, 15) is 5.11 Å². The Morgan fingerprint density at radius 2 is 1.79 bits per heavy atom. The van der Waals surface area contributed by atoms with Gasteiger partial charge in [0.2, 0.25) is 0 Å². The average Bonchev–Trinajstić information content (AvgIpc) is 2.71. The van der Waals surface area contributed by atoms with E-state index >= 15 is 0 Å². The highest BCUT2D eigenvalue weighted by atomic mass is 16.5. The maximum atomic E-state index is 9.62. The van der Waals surface area contributed by atoms with Crippen molar-refractivity contribution in [1.29, 1.82) is 0 Å². The molecule has 2 fully saturated rings. The van der Waals surface area contributed by atoms with Crippen LogP contribution in [0.4, 0.5) is 0 Å². The van der Waals surface area contributed by atoms with Gasteiger partial charge in [0, 0.05) is 50.9 Å². The average molecular weight is 390 g/mol. The summed E-state index contributed by atoms with van der Waals surface area (Å²) in [6.45, 7) is 14.3. The molecule has 0 unspecified atom stereocenters. The lowest BCUT2D eigenvalue weighted by molar-refractivity contribution is 0.00988. The van der Waals surface area contributed by atoms with Crippen LogP contribution in [0.3, 0.4) is 0 Å². The molecule has 158 valence electrons. The summed E-state index contributed by atoms with van der Waals surface area (Å²) in [5.74, 6) is 0.940. The van der Waals surface area contributed by atoms with Gasteiger partial charge in [-0.2, -0.15) is 0 Å². The van der Waals surface area contributed by atoms with Gasteiger partial charge in [0.25, 0.3) is 0 Å². The molecule has 2 heterocycles. The number of likely N-dealkylation sites (tertiary alicyclic amines) is 1. The lowest BCUT2D eigenvalue weighted by atomic mass is 9.98. The number of ether oxygens (including phenoxy) is 1. The Kier molecular flexibility index (Phi) is 8.15. The van der Waals surface area contributed by atoms with Crippen molar-refractivity contribution in [3.8, 4) is 5.75 Å². The second kappa shape index (κ2) is 10.6. The molecule has 28 heavy (non-hydrogen) atoms. The Morgan fingerprint density at radius 3 is 2.39 bits per heavy atom. The van der Waals surface area contributed by atoms with Crippen molar-refractivity contribution in [2.75, 3.05) is 45.9 Å². The first-order chi connectivity index (χ1) is 13.6. The second-order valence-electron chi connectivity index (χ2n) is 8.57.